The van der Waals surface area contributed by atoms with Crippen molar-refractivity contribution in [3.05, 3.63) is 34.7 Å². The summed E-state index contributed by atoms with van der Waals surface area (Å²) >= 11 is 5.93. The molecule has 98 valence electrons. The van der Waals surface area contributed by atoms with Gasteiger partial charge in [0.05, 0.1) is 17.4 Å². The molecule has 1 aliphatic heterocycles. The zero-order valence-corrected chi connectivity index (χ0v) is 11.2. The lowest BCUT2D eigenvalue weighted by molar-refractivity contribution is -0.305. The lowest BCUT2D eigenvalue weighted by atomic mass is 10.2. The minimum Gasteiger partial charge on any atom is -0.548 e. The highest BCUT2D eigenvalue weighted by molar-refractivity contribution is 8.26. The molecule has 0 radical (unpaired) electrons. The fourth-order valence-electron chi connectivity index (χ4n) is 1.52. The molecule has 5 nitrogen and oxygen atoms in total. The van der Waals surface area contributed by atoms with Crippen LogP contribution in [-0.4, -0.2) is 32.7 Å². The number of thioether (sulfide) groups is 1. The van der Waals surface area contributed by atoms with Crippen LogP contribution in [0.5, 0.6) is 5.75 Å². The number of carboxylic acids is 1. The summed E-state index contributed by atoms with van der Waals surface area (Å²) in [7, 11) is 0. The summed E-state index contributed by atoms with van der Waals surface area (Å²) in [5, 5.41) is 20.2. The minimum atomic E-state index is -1.37. The molecule has 1 aromatic carbocycles. The molecule has 19 heavy (non-hydrogen) atoms. The highest BCUT2D eigenvalue weighted by atomic mass is 32.2. The Hall–Kier alpha value is -1.86. The Morgan fingerprint density at radius 2 is 2.16 bits per heavy atom. The quantitative estimate of drug-likeness (QED) is 0.640. The van der Waals surface area contributed by atoms with Crippen LogP contribution in [0.4, 0.5) is 0 Å². The molecule has 1 heterocycles. The second-order valence-electron chi connectivity index (χ2n) is 3.70. The van der Waals surface area contributed by atoms with E-state index in [1.807, 2.05) is 0 Å². The summed E-state index contributed by atoms with van der Waals surface area (Å²) in [6.45, 7) is -0.567. The third-order valence-electron chi connectivity index (χ3n) is 2.38. The molecular formula is C12H8NO4S2-. The average Bonchev–Trinajstić information content (AvgIpc) is 2.60. The SMILES string of the molecule is O=C([O-])CN1C(=O)/C(=C\c2ccccc2O)SC1=S. The molecule has 0 unspecified atom stereocenters. The highest BCUT2D eigenvalue weighted by Crippen LogP contribution is 2.33. The number of para-hydroxylation sites is 1. The third-order valence-corrected chi connectivity index (χ3v) is 3.76. The topological polar surface area (TPSA) is 80.7 Å². The van der Waals surface area contributed by atoms with Crippen molar-refractivity contribution in [2.45, 2.75) is 0 Å². The van der Waals surface area contributed by atoms with Gasteiger partial charge in [-0.1, -0.05) is 42.2 Å². The maximum Gasteiger partial charge on any atom is 0.266 e. The van der Waals surface area contributed by atoms with Gasteiger partial charge in [0.25, 0.3) is 5.91 Å². The normalized spacial score (nSPS) is 17.3. The maximum absolute atomic E-state index is 11.9. The first-order chi connectivity index (χ1) is 8.99. The van der Waals surface area contributed by atoms with Crippen LogP contribution in [0.25, 0.3) is 6.08 Å². The second kappa shape index (κ2) is 5.41. The molecule has 1 amide bonds. The van der Waals surface area contributed by atoms with Gasteiger partial charge in [-0.05, 0) is 12.1 Å². The predicted molar refractivity (Wildman–Crippen MR) is 73.0 cm³/mol. The van der Waals surface area contributed by atoms with Crippen LogP contribution < -0.4 is 5.11 Å². The van der Waals surface area contributed by atoms with E-state index in [9.17, 15) is 19.8 Å². The van der Waals surface area contributed by atoms with Crippen molar-refractivity contribution >= 4 is 46.3 Å². The number of thiocarbonyl (C=S) groups is 1. The smallest absolute Gasteiger partial charge is 0.266 e. The summed E-state index contributed by atoms with van der Waals surface area (Å²) in [5.41, 5.74) is 0.469. The largest absolute Gasteiger partial charge is 0.548 e. The molecule has 1 fully saturated rings. The number of carbonyl (C=O) groups excluding carboxylic acids is 2. The van der Waals surface area contributed by atoms with Crippen molar-refractivity contribution in [3.63, 3.8) is 0 Å². The van der Waals surface area contributed by atoms with E-state index in [4.69, 9.17) is 12.2 Å². The molecule has 0 aliphatic carbocycles. The van der Waals surface area contributed by atoms with Gasteiger partial charge < -0.3 is 15.0 Å². The first-order valence-corrected chi connectivity index (χ1v) is 6.44. The molecule has 0 atom stereocenters. The number of phenolic OH excluding ortho intramolecular Hbond substituents is 1. The monoisotopic (exact) mass is 294 g/mol. The highest BCUT2D eigenvalue weighted by Gasteiger charge is 2.31. The van der Waals surface area contributed by atoms with E-state index in [0.29, 0.717) is 5.56 Å². The number of aromatic hydroxyl groups is 1. The fraction of sp³-hybridized carbons (Fsp3) is 0.0833. The number of amides is 1. The Morgan fingerprint density at radius 3 is 2.79 bits per heavy atom. The predicted octanol–water partition coefficient (Wildman–Crippen LogP) is 0.343. The van der Waals surface area contributed by atoms with E-state index in [1.54, 1.807) is 18.2 Å². The van der Waals surface area contributed by atoms with Crippen molar-refractivity contribution in [2.24, 2.45) is 0 Å². The molecule has 1 saturated heterocycles. The summed E-state index contributed by atoms with van der Waals surface area (Å²) in [6.07, 6.45) is 1.48. The van der Waals surface area contributed by atoms with Gasteiger partial charge in [0.1, 0.15) is 10.1 Å². The van der Waals surface area contributed by atoms with Gasteiger partial charge in [-0.2, -0.15) is 0 Å². The van der Waals surface area contributed by atoms with E-state index in [1.165, 1.54) is 12.1 Å². The van der Waals surface area contributed by atoms with Gasteiger partial charge in [-0.3, -0.25) is 9.69 Å². The Morgan fingerprint density at radius 1 is 1.47 bits per heavy atom. The van der Waals surface area contributed by atoms with Gasteiger partial charge in [-0.25, -0.2) is 0 Å². The number of phenols is 1. The van der Waals surface area contributed by atoms with Crippen LogP contribution in [0.15, 0.2) is 29.2 Å². The number of nitrogens with zero attached hydrogens (tertiary/aromatic N) is 1. The van der Waals surface area contributed by atoms with Crippen LogP contribution in [-0.2, 0) is 9.59 Å². The van der Waals surface area contributed by atoms with E-state index in [0.717, 1.165) is 16.7 Å². The van der Waals surface area contributed by atoms with Crippen molar-refractivity contribution in [1.82, 2.24) is 4.90 Å². The molecule has 1 aromatic rings. The number of aliphatic carboxylic acids is 1. The second-order valence-corrected chi connectivity index (χ2v) is 5.37. The summed E-state index contributed by atoms with van der Waals surface area (Å²) in [5.74, 6) is -1.84. The van der Waals surface area contributed by atoms with Crippen LogP contribution in [0.2, 0.25) is 0 Å². The lowest BCUT2D eigenvalue weighted by Crippen LogP contribution is -2.40. The Labute approximate surface area is 118 Å². The van der Waals surface area contributed by atoms with Crippen LogP contribution in [0.3, 0.4) is 0 Å². The number of carbonyl (C=O) groups is 2. The van der Waals surface area contributed by atoms with Crippen LogP contribution in [0.1, 0.15) is 5.56 Å². The van der Waals surface area contributed by atoms with Gasteiger partial charge in [0.15, 0.2) is 0 Å². The molecule has 2 rings (SSSR count). The first kappa shape index (κ1) is 13.6. The summed E-state index contributed by atoms with van der Waals surface area (Å²) in [4.78, 5) is 23.7. The molecule has 1 N–H and O–H groups in total. The molecular weight excluding hydrogens is 286 g/mol. The van der Waals surface area contributed by atoms with Crippen LogP contribution in [0, 0.1) is 0 Å². The van der Waals surface area contributed by atoms with Crippen LogP contribution >= 0.6 is 24.0 Å². The van der Waals surface area contributed by atoms with E-state index in [-0.39, 0.29) is 15.0 Å². The molecule has 0 saturated carbocycles. The van der Waals surface area contributed by atoms with Crippen molar-refractivity contribution in [1.29, 1.82) is 0 Å². The molecule has 0 aromatic heterocycles. The maximum atomic E-state index is 11.9. The molecule has 0 bridgehead atoms. The lowest BCUT2D eigenvalue weighted by Gasteiger charge is -2.14. The average molecular weight is 294 g/mol. The van der Waals surface area contributed by atoms with Crippen molar-refractivity contribution in [2.75, 3.05) is 6.54 Å². The van der Waals surface area contributed by atoms with Crippen molar-refractivity contribution in [3.8, 4) is 5.75 Å². The minimum absolute atomic E-state index is 0.0349. The first-order valence-electron chi connectivity index (χ1n) is 5.22. The van der Waals surface area contributed by atoms with Gasteiger partial charge in [-0.15, -0.1) is 0 Å². The van der Waals surface area contributed by atoms with Gasteiger partial charge in [0.2, 0.25) is 0 Å². The zero-order valence-electron chi connectivity index (χ0n) is 9.53. The zero-order chi connectivity index (χ0) is 14.0. The number of hydrogen-bond donors (Lipinski definition) is 1. The Kier molecular flexibility index (Phi) is 3.87. The van der Waals surface area contributed by atoms with Gasteiger partial charge in [0, 0.05) is 5.56 Å². The molecule has 7 heteroatoms. The fourth-order valence-corrected chi connectivity index (χ4v) is 2.76. The molecule has 1 aliphatic rings. The standard InChI is InChI=1S/C12H9NO4S2/c14-8-4-2-1-3-7(8)5-9-11(17)13(6-10(15)16)12(18)19-9/h1-5,14H,6H2,(H,15,16)/p-1/b9-5+. The Balaban J connectivity index is 2.28. The Bertz CT molecular complexity index is 597. The summed E-state index contributed by atoms with van der Waals surface area (Å²) in [6, 6.07) is 6.51. The van der Waals surface area contributed by atoms with Crippen molar-refractivity contribution < 1.29 is 19.8 Å². The number of hydrogen-bond acceptors (Lipinski definition) is 6. The number of rotatable bonds is 3. The van der Waals surface area contributed by atoms with E-state index in [2.05, 4.69) is 0 Å². The van der Waals surface area contributed by atoms with E-state index < -0.39 is 18.4 Å². The third kappa shape index (κ3) is 2.94. The number of carboxylic acid groups (broad SMARTS) is 1. The number of benzene rings is 1. The molecule has 0 spiro atoms. The summed E-state index contributed by atoms with van der Waals surface area (Å²) < 4.78 is 0.163. The van der Waals surface area contributed by atoms with Gasteiger partial charge >= 0.3 is 0 Å². The van der Waals surface area contributed by atoms with E-state index >= 15 is 0 Å².